The van der Waals surface area contributed by atoms with Gasteiger partial charge in [-0.2, -0.15) is 0 Å². The van der Waals surface area contributed by atoms with Crippen molar-refractivity contribution in [1.82, 2.24) is 10.2 Å². The maximum atomic E-state index is 14.2. The molecule has 0 aromatic rings. The van der Waals surface area contributed by atoms with E-state index < -0.39 is 0 Å². The zero-order valence-electron chi connectivity index (χ0n) is 22.7. The van der Waals surface area contributed by atoms with Gasteiger partial charge in [-0.1, -0.05) is 19.4 Å². The van der Waals surface area contributed by atoms with E-state index >= 15 is 0 Å². The average molecular weight is 487 g/mol. The summed E-state index contributed by atoms with van der Waals surface area (Å²) in [4.78, 5) is 28.2. The van der Waals surface area contributed by atoms with Gasteiger partial charge in [-0.05, 0) is 133 Å². The number of hydrogen-bond acceptors (Lipinski definition) is 3. The van der Waals surface area contributed by atoms with Crippen molar-refractivity contribution in [3.63, 3.8) is 0 Å². The lowest BCUT2D eigenvalue weighted by Crippen LogP contribution is -2.60. The maximum absolute atomic E-state index is 14.2. The monoisotopic (exact) mass is 486 g/mol. The Kier molecular flexibility index (Phi) is 6.40. The molecule has 1 amide bonds. The predicted octanol–water partition coefficient (Wildman–Crippen LogP) is 6.43. The molecule has 3 saturated carbocycles. The number of nitrogens with zero attached hydrogens (tertiary/aromatic N) is 1. The first-order chi connectivity index (χ1) is 15.6. The lowest BCUT2D eigenvalue weighted by atomic mass is 9.47. The molecule has 0 aromatic carbocycles. The van der Waals surface area contributed by atoms with E-state index in [9.17, 15) is 9.59 Å². The van der Waals surface area contributed by atoms with Crippen LogP contribution in [0.3, 0.4) is 0 Å². The molecule has 4 nitrogen and oxygen atoms in total. The number of hydrogen-bond donors (Lipinski definition) is 1. The van der Waals surface area contributed by atoms with E-state index in [1.165, 1.54) is 18.4 Å². The molecule has 0 saturated heterocycles. The van der Waals surface area contributed by atoms with Crippen LogP contribution in [0.1, 0.15) is 107 Å². The van der Waals surface area contributed by atoms with Crippen LogP contribution in [0.2, 0.25) is 0 Å². The average Bonchev–Trinajstić information content (AvgIpc) is 3.03. The number of ketones is 1. The Balaban J connectivity index is 1.60. The standard InChI is InChI=1S/C29H46N2O2S/c1-26(2,3)30-25(34)31(27(4,5)6)24(33)23-12-11-21-20-10-9-18-17-19(32)13-15-28(18,7)22(20)14-16-29(21,23)8/h17,20-23H,9-16H2,1-8H3,(H,30,34)/t20-,21-,22+,23?,28-,29-/m0/s1. The number of rotatable bonds is 1. The molecule has 4 aliphatic carbocycles. The molecule has 0 spiro atoms. The fourth-order valence-corrected chi connectivity index (χ4v) is 8.90. The Labute approximate surface area is 212 Å². The number of allylic oxidation sites excluding steroid dienone is 1. The van der Waals surface area contributed by atoms with E-state index in [1.807, 2.05) is 11.0 Å². The van der Waals surface area contributed by atoms with Crippen LogP contribution in [0.4, 0.5) is 0 Å². The molecule has 190 valence electrons. The van der Waals surface area contributed by atoms with Crippen LogP contribution in [0, 0.1) is 34.5 Å². The highest BCUT2D eigenvalue weighted by atomic mass is 32.1. The normalized spacial score (nSPS) is 37.8. The third kappa shape index (κ3) is 4.29. The first-order valence-electron chi connectivity index (χ1n) is 13.5. The molecule has 3 fully saturated rings. The molecule has 0 aromatic heterocycles. The Morgan fingerprint density at radius 1 is 1.00 bits per heavy atom. The fourth-order valence-electron chi connectivity index (χ4n) is 8.23. The van der Waals surface area contributed by atoms with Gasteiger partial charge in [0.15, 0.2) is 10.9 Å². The fraction of sp³-hybridized carbons (Fsp3) is 0.828. The molecule has 1 N–H and O–H groups in total. The van der Waals surface area contributed by atoms with Crippen molar-refractivity contribution in [3.05, 3.63) is 11.6 Å². The van der Waals surface area contributed by atoms with Crippen molar-refractivity contribution in [2.24, 2.45) is 34.5 Å². The van der Waals surface area contributed by atoms with Crippen LogP contribution in [0.25, 0.3) is 0 Å². The zero-order valence-corrected chi connectivity index (χ0v) is 23.5. The molecule has 6 atom stereocenters. The van der Waals surface area contributed by atoms with Crippen LogP contribution in [0.15, 0.2) is 11.6 Å². The summed E-state index contributed by atoms with van der Waals surface area (Å²) in [5.74, 6) is 2.45. The van der Waals surface area contributed by atoms with Gasteiger partial charge in [0.25, 0.3) is 0 Å². The summed E-state index contributed by atoms with van der Waals surface area (Å²) >= 11 is 5.81. The highest BCUT2D eigenvalue weighted by Crippen LogP contribution is 2.66. The Morgan fingerprint density at radius 2 is 1.68 bits per heavy atom. The van der Waals surface area contributed by atoms with Gasteiger partial charge >= 0.3 is 0 Å². The van der Waals surface area contributed by atoms with Gasteiger partial charge < -0.3 is 5.32 Å². The minimum Gasteiger partial charge on any atom is -0.358 e. The van der Waals surface area contributed by atoms with Gasteiger partial charge in [-0.3, -0.25) is 14.5 Å². The van der Waals surface area contributed by atoms with Crippen LogP contribution >= 0.6 is 12.2 Å². The van der Waals surface area contributed by atoms with Crippen LogP contribution in [-0.2, 0) is 9.59 Å². The van der Waals surface area contributed by atoms with E-state index in [2.05, 4.69) is 60.7 Å². The second-order valence-electron chi connectivity index (χ2n) is 14.2. The van der Waals surface area contributed by atoms with Crippen molar-refractivity contribution in [2.45, 2.75) is 118 Å². The molecule has 4 rings (SSSR count). The van der Waals surface area contributed by atoms with Gasteiger partial charge in [0.05, 0.1) is 0 Å². The van der Waals surface area contributed by atoms with Gasteiger partial charge in [0.1, 0.15) is 0 Å². The number of carbonyl (C=O) groups is 2. The first kappa shape index (κ1) is 25.9. The molecule has 0 radical (unpaired) electrons. The highest BCUT2D eigenvalue weighted by molar-refractivity contribution is 7.80. The minimum atomic E-state index is -0.370. The van der Waals surface area contributed by atoms with Crippen molar-refractivity contribution in [1.29, 1.82) is 0 Å². The van der Waals surface area contributed by atoms with Crippen molar-refractivity contribution in [2.75, 3.05) is 0 Å². The minimum absolute atomic E-state index is 0.0232. The zero-order chi connectivity index (χ0) is 25.3. The smallest absolute Gasteiger partial charge is 0.232 e. The van der Waals surface area contributed by atoms with E-state index in [-0.39, 0.29) is 33.7 Å². The Morgan fingerprint density at radius 3 is 2.29 bits per heavy atom. The van der Waals surface area contributed by atoms with Crippen LogP contribution < -0.4 is 5.32 Å². The SMILES string of the molecule is CC(C)(C)NC(=S)N(C(=O)C1CC[C@H]2[C@@H]3CCC4=CC(=O)CC[C@]4(C)[C@@H]3CC[C@]12C)C(C)(C)C. The van der Waals surface area contributed by atoms with Gasteiger partial charge in [0, 0.05) is 23.4 Å². The van der Waals surface area contributed by atoms with E-state index in [0.717, 1.165) is 32.1 Å². The molecule has 0 aliphatic heterocycles. The number of fused-ring (bicyclic) bond motifs is 5. The van der Waals surface area contributed by atoms with Crippen LogP contribution in [0.5, 0.6) is 0 Å². The molecular weight excluding hydrogens is 440 g/mol. The van der Waals surface area contributed by atoms with Crippen LogP contribution in [-0.4, -0.2) is 32.8 Å². The molecule has 34 heavy (non-hydrogen) atoms. The second kappa shape index (κ2) is 8.42. The second-order valence-corrected chi connectivity index (χ2v) is 14.6. The predicted molar refractivity (Wildman–Crippen MR) is 142 cm³/mol. The van der Waals surface area contributed by atoms with Crippen molar-refractivity contribution in [3.8, 4) is 0 Å². The van der Waals surface area contributed by atoms with E-state index in [4.69, 9.17) is 12.2 Å². The van der Waals surface area contributed by atoms with Crippen molar-refractivity contribution < 1.29 is 9.59 Å². The molecule has 0 heterocycles. The number of nitrogens with one attached hydrogen (secondary N) is 1. The number of carbonyl (C=O) groups excluding carboxylic acids is 2. The molecular formula is C29H46N2O2S. The van der Waals surface area contributed by atoms with E-state index in [1.54, 1.807) is 0 Å². The number of amides is 1. The molecule has 0 bridgehead atoms. The summed E-state index contributed by atoms with van der Waals surface area (Å²) in [6.07, 6.45) is 10.3. The first-order valence-corrected chi connectivity index (χ1v) is 13.9. The van der Waals surface area contributed by atoms with Gasteiger partial charge in [-0.25, -0.2) is 0 Å². The molecule has 4 aliphatic rings. The molecule has 5 heteroatoms. The quantitative estimate of drug-likeness (QED) is 0.434. The summed E-state index contributed by atoms with van der Waals surface area (Å²) < 4.78 is 0. The Hall–Kier alpha value is -1.23. The lowest BCUT2D eigenvalue weighted by Gasteiger charge is -2.58. The summed E-state index contributed by atoms with van der Waals surface area (Å²) in [5, 5.41) is 3.96. The lowest BCUT2D eigenvalue weighted by molar-refractivity contribution is -0.142. The highest BCUT2D eigenvalue weighted by Gasteiger charge is 2.61. The third-order valence-electron chi connectivity index (χ3n) is 9.84. The molecule has 1 unspecified atom stereocenters. The summed E-state index contributed by atoms with van der Waals surface area (Å²) in [6, 6.07) is 0. The Bertz CT molecular complexity index is 910. The maximum Gasteiger partial charge on any atom is 0.232 e. The van der Waals surface area contributed by atoms with Crippen molar-refractivity contribution >= 4 is 29.0 Å². The third-order valence-corrected chi connectivity index (χ3v) is 10.1. The summed E-state index contributed by atoms with van der Waals surface area (Å²) in [7, 11) is 0. The largest absolute Gasteiger partial charge is 0.358 e. The van der Waals surface area contributed by atoms with Gasteiger partial charge in [0.2, 0.25) is 5.91 Å². The number of thiocarbonyl (C=S) groups is 1. The summed E-state index contributed by atoms with van der Waals surface area (Å²) in [5.41, 5.74) is 1.06. The van der Waals surface area contributed by atoms with E-state index in [0.29, 0.717) is 35.1 Å². The van der Waals surface area contributed by atoms with Gasteiger partial charge in [-0.15, -0.1) is 0 Å². The topological polar surface area (TPSA) is 49.4 Å². The summed E-state index contributed by atoms with van der Waals surface area (Å²) in [6.45, 7) is 17.4.